The molecule has 14 heteroatoms. The summed E-state index contributed by atoms with van der Waals surface area (Å²) in [6.07, 6.45) is 13.6. The third kappa shape index (κ3) is 17.0. The van der Waals surface area contributed by atoms with Crippen molar-refractivity contribution in [3.63, 3.8) is 0 Å². The van der Waals surface area contributed by atoms with Crippen LogP contribution in [-0.4, -0.2) is 76.1 Å². The number of hydrogen-bond acceptors (Lipinski definition) is 7. The van der Waals surface area contributed by atoms with E-state index in [9.17, 15) is 28.8 Å². The number of nitrogens with zero attached hydrogens (tertiary/aromatic N) is 1. The second kappa shape index (κ2) is 22.5. The molecule has 1 aromatic rings. The first kappa shape index (κ1) is 41.1. The minimum absolute atomic E-state index is 0.102. The van der Waals surface area contributed by atoms with Crippen LogP contribution in [0.4, 0.5) is 0 Å². The summed E-state index contributed by atoms with van der Waals surface area (Å²) in [4.78, 5) is 82.4. The monoisotopic (exact) mass is 662 g/mol. The van der Waals surface area contributed by atoms with Crippen LogP contribution >= 0.6 is 0 Å². The molecule has 0 spiro atoms. The molecule has 0 aliphatic heterocycles. The van der Waals surface area contributed by atoms with Gasteiger partial charge in [-0.1, -0.05) is 86.0 Å². The van der Waals surface area contributed by atoms with E-state index in [1.54, 1.807) is 13.8 Å². The summed E-state index contributed by atoms with van der Waals surface area (Å²) in [5.41, 5.74) is 5.98. The zero-order chi connectivity index (χ0) is 35.4. The smallest absolute Gasteiger partial charge is 0.243 e. The molecule has 0 aliphatic carbocycles. The fourth-order valence-corrected chi connectivity index (χ4v) is 4.93. The molecule has 0 radical (unpaired) electrons. The minimum atomic E-state index is -1.04. The molecular weight excluding hydrogens is 604 g/mol. The van der Waals surface area contributed by atoms with Crippen molar-refractivity contribution in [2.45, 2.75) is 136 Å². The zero-order valence-electron chi connectivity index (χ0n) is 29.1. The maximum atomic E-state index is 13.2. The molecule has 0 fully saturated rings. The lowest BCUT2D eigenvalue weighted by Crippen LogP contribution is -2.59. The number of primary amides is 1. The van der Waals surface area contributed by atoms with Gasteiger partial charge >= 0.3 is 0 Å². The second-order valence-electron chi connectivity index (χ2n) is 12.8. The minimum Gasteiger partial charge on any atom is -0.368 e. The van der Waals surface area contributed by atoms with E-state index >= 15 is 0 Å². The lowest BCUT2D eigenvalue weighted by molar-refractivity contribution is -0.135. The topological polar surface area (TPSA) is 217 Å². The first-order valence-electron chi connectivity index (χ1n) is 17.0. The van der Waals surface area contributed by atoms with E-state index in [-0.39, 0.29) is 24.2 Å². The molecule has 0 saturated heterocycles. The molecule has 4 atom stereocenters. The molecule has 0 unspecified atom stereocenters. The lowest BCUT2D eigenvalue weighted by atomic mass is 9.99. The number of hydrogen-bond donors (Lipinski definition) is 7. The van der Waals surface area contributed by atoms with Crippen LogP contribution in [-0.2, 0) is 35.2 Å². The summed E-state index contributed by atoms with van der Waals surface area (Å²) in [6.45, 7) is 10.3. The van der Waals surface area contributed by atoms with E-state index in [4.69, 9.17) is 5.73 Å². The predicted molar refractivity (Wildman–Crippen MR) is 179 cm³/mol. The highest BCUT2D eigenvalue weighted by Crippen LogP contribution is 2.12. The van der Waals surface area contributed by atoms with Gasteiger partial charge in [0.1, 0.15) is 24.2 Å². The number of nitrogens with two attached hydrogens (primary N) is 1. The Hall–Kier alpha value is -3.97. The van der Waals surface area contributed by atoms with Gasteiger partial charge in [0, 0.05) is 24.7 Å². The summed E-state index contributed by atoms with van der Waals surface area (Å²) in [5.74, 6) is -3.86. The summed E-state index contributed by atoms with van der Waals surface area (Å²) >= 11 is 0. The summed E-state index contributed by atoms with van der Waals surface area (Å²) in [5, 5.41) is 13.0. The van der Waals surface area contributed by atoms with Crippen LogP contribution in [0.25, 0.3) is 0 Å². The van der Waals surface area contributed by atoms with E-state index < -0.39 is 60.2 Å². The predicted octanol–water partition coefficient (Wildman–Crippen LogP) is 1.75. The summed E-state index contributed by atoms with van der Waals surface area (Å²) in [6, 6.07) is -3.86. The Morgan fingerprint density at radius 2 is 1.28 bits per heavy atom. The van der Waals surface area contributed by atoms with Gasteiger partial charge in [0.15, 0.2) is 0 Å². The van der Waals surface area contributed by atoms with E-state index in [1.807, 2.05) is 13.8 Å². The Balaban J connectivity index is 2.57. The Labute approximate surface area is 279 Å². The van der Waals surface area contributed by atoms with Crippen molar-refractivity contribution >= 4 is 35.4 Å². The lowest BCUT2D eigenvalue weighted by Gasteiger charge is -2.28. The molecule has 0 aliphatic rings. The first-order chi connectivity index (χ1) is 22.3. The van der Waals surface area contributed by atoms with Gasteiger partial charge in [0.25, 0.3) is 0 Å². The van der Waals surface area contributed by atoms with Gasteiger partial charge in [0.2, 0.25) is 35.4 Å². The number of amides is 6. The van der Waals surface area contributed by atoms with Crippen LogP contribution in [0.3, 0.4) is 0 Å². The standard InChI is InChI=1S/C33H58N8O6/c1-7-8-9-10-11-12-13-14-15-16-26(42)40-28(21(2)3)33(47)41-29(22(4)5)32(46)38-23(6)31(45)36-19-27(43)39-25(30(34)44)17-24-18-35-20-37-24/h18,20-23,25,28-29H,7-17,19H2,1-6H3,(H2,34,44)(H,35,37)(H,36,45)(H,38,46)(H,39,43)(H,40,42)(H,41,47)/t23-,25-,28-,29-/m0/s1. The van der Waals surface area contributed by atoms with Crippen molar-refractivity contribution in [1.82, 2.24) is 36.6 Å². The number of aromatic amines is 1. The number of H-pyrrole nitrogens is 1. The Kier molecular flexibility index (Phi) is 19.7. The number of carbonyl (C=O) groups excluding carboxylic acids is 6. The molecule has 1 rings (SSSR count). The van der Waals surface area contributed by atoms with Gasteiger partial charge in [-0.25, -0.2) is 4.98 Å². The Morgan fingerprint density at radius 3 is 1.81 bits per heavy atom. The molecule has 8 N–H and O–H groups in total. The van der Waals surface area contributed by atoms with Gasteiger partial charge < -0.3 is 37.3 Å². The largest absolute Gasteiger partial charge is 0.368 e. The molecule has 266 valence electrons. The highest BCUT2D eigenvalue weighted by molar-refractivity contribution is 5.95. The number of carbonyl (C=O) groups is 6. The Bertz CT molecular complexity index is 1120. The summed E-state index contributed by atoms with van der Waals surface area (Å²) < 4.78 is 0. The summed E-state index contributed by atoms with van der Waals surface area (Å²) in [7, 11) is 0. The molecule has 1 heterocycles. The average molecular weight is 663 g/mol. The third-order valence-electron chi connectivity index (χ3n) is 7.85. The fraction of sp³-hybridized carbons (Fsp3) is 0.727. The van der Waals surface area contributed by atoms with Crippen LogP contribution in [0.2, 0.25) is 0 Å². The van der Waals surface area contributed by atoms with E-state index in [2.05, 4.69) is 43.5 Å². The van der Waals surface area contributed by atoms with Gasteiger partial charge in [-0.05, 0) is 25.2 Å². The van der Waals surface area contributed by atoms with Crippen molar-refractivity contribution in [3.8, 4) is 0 Å². The van der Waals surface area contributed by atoms with E-state index in [0.29, 0.717) is 12.1 Å². The van der Waals surface area contributed by atoms with Gasteiger partial charge in [0.05, 0.1) is 12.9 Å². The molecule has 0 aromatic carbocycles. The molecule has 1 aromatic heterocycles. The van der Waals surface area contributed by atoms with Crippen molar-refractivity contribution < 1.29 is 28.8 Å². The van der Waals surface area contributed by atoms with Gasteiger partial charge in [-0.15, -0.1) is 0 Å². The number of rotatable bonds is 24. The van der Waals surface area contributed by atoms with Crippen LogP contribution in [0.15, 0.2) is 12.5 Å². The van der Waals surface area contributed by atoms with Crippen molar-refractivity contribution in [1.29, 1.82) is 0 Å². The molecular formula is C33H58N8O6. The third-order valence-corrected chi connectivity index (χ3v) is 7.85. The number of aromatic nitrogens is 2. The maximum absolute atomic E-state index is 13.2. The fourth-order valence-electron chi connectivity index (χ4n) is 4.93. The van der Waals surface area contributed by atoms with Crippen molar-refractivity contribution in [2.75, 3.05) is 6.54 Å². The van der Waals surface area contributed by atoms with E-state index in [1.165, 1.54) is 58.0 Å². The SMILES string of the molecule is CCCCCCCCCCCC(=O)N[C@H](C(=O)N[C@H](C(=O)N[C@@H](C)C(=O)NCC(=O)N[C@@H](Cc1cnc[nH]1)C(N)=O)C(C)C)C(C)C. The van der Waals surface area contributed by atoms with Gasteiger partial charge in [-0.2, -0.15) is 0 Å². The second-order valence-corrected chi connectivity index (χ2v) is 12.8. The average Bonchev–Trinajstić information content (AvgIpc) is 3.52. The molecule has 47 heavy (non-hydrogen) atoms. The van der Waals surface area contributed by atoms with Gasteiger partial charge in [-0.3, -0.25) is 28.8 Å². The number of nitrogens with one attached hydrogen (secondary N) is 6. The highest BCUT2D eigenvalue weighted by Gasteiger charge is 2.31. The molecule has 14 nitrogen and oxygen atoms in total. The molecule has 6 amide bonds. The van der Waals surface area contributed by atoms with Crippen molar-refractivity contribution in [3.05, 3.63) is 18.2 Å². The maximum Gasteiger partial charge on any atom is 0.243 e. The van der Waals surface area contributed by atoms with Crippen LogP contribution in [0, 0.1) is 11.8 Å². The van der Waals surface area contributed by atoms with Crippen LogP contribution < -0.4 is 32.3 Å². The highest BCUT2D eigenvalue weighted by atomic mass is 16.2. The number of unbranched alkanes of at least 4 members (excludes halogenated alkanes) is 8. The number of imidazole rings is 1. The normalized spacial score (nSPS) is 13.7. The van der Waals surface area contributed by atoms with Crippen LogP contribution in [0.1, 0.15) is 111 Å². The first-order valence-corrected chi connectivity index (χ1v) is 17.0. The van der Waals surface area contributed by atoms with E-state index in [0.717, 1.165) is 19.3 Å². The van der Waals surface area contributed by atoms with Crippen LogP contribution in [0.5, 0.6) is 0 Å². The van der Waals surface area contributed by atoms with Crippen molar-refractivity contribution in [2.24, 2.45) is 17.6 Å². The quantitative estimate of drug-likeness (QED) is 0.0813. The molecule has 0 saturated carbocycles. The molecule has 0 bridgehead atoms. The Morgan fingerprint density at radius 1 is 0.723 bits per heavy atom. The zero-order valence-corrected chi connectivity index (χ0v) is 29.1.